The van der Waals surface area contributed by atoms with Gasteiger partial charge in [0.2, 0.25) is 5.75 Å². The average molecular weight is 417 g/mol. The molecule has 8 heteroatoms. The second-order valence-corrected chi connectivity index (χ2v) is 7.11. The zero-order chi connectivity index (χ0) is 20.7. The van der Waals surface area contributed by atoms with Crippen LogP contribution in [0.2, 0.25) is 0 Å². The second-order valence-electron chi connectivity index (χ2n) is 6.80. The van der Waals surface area contributed by atoms with Crippen LogP contribution in [-0.2, 0) is 0 Å². The number of phenols is 1. The molecule has 1 aromatic heterocycles. The third kappa shape index (κ3) is 3.02. The number of amides is 1. The van der Waals surface area contributed by atoms with Crippen molar-refractivity contribution in [1.29, 1.82) is 0 Å². The van der Waals surface area contributed by atoms with Crippen LogP contribution in [0.4, 0.5) is 5.69 Å². The van der Waals surface area contributed by atoms with Crippen molar-refractivity contribution in [2.24, 2.45) is 0 Å². The van der Waals surface area contributed by atoms with Gasteiger partial charge in [-0.3, -0.25) is 4.79 Å². The number of fused-ring (bicyclic) bond motifs is 2. The number of aromatic hydroxyl groups is 1. The van der Waals surface area contributed by atoms with E-state index < -0.39 is 0 Å². The van der Waals surface area contributed by atoms with Crippen LogP contribution in [0.15, 0.2) is 30.3 Å². The number of carbonyl (C=O) groups is 1. The molecule has 0 spiro atoms. The summed E-state index contributed by atoms with van der Waals surface area (Å²) in [6, 6.07) is 8.55. The van der Waals surface area contributed by atoms with Crippen molar-refractivity contribution in [3.63, 3.8) is 0 Å². The number of H-pyrrole nitrogens is 1. The van der Waals surface area contributed by atoms with Crippen LogP contribution in [0.5, 0.6) is 23.0 Å². The lowest BCUT2D eigenvalue weighted by molar-refractivity contribution is 0.0984. The number of ether oxygens (including phenoxy) is 3. The number of carbonyl (C=O) groups excluding carboxylic acids is 1. The van der Waals surface area contributed by atoms with Gasteiger partial charge in [-0.1, -0.05) is 6.07 Å². The number of aromatic nitrogens is 1. The van der Waals surface area contributed by atoms with Gasteiger partial charge in [-0.05, 0) is 23.8 Å². The van der Waals surface area contributed by atoms with Gasteiger partial charge in [0.05, 0.1) is 32.5 Å². The summed E-state index contributed by atoms with van der Waals surface area (Å²) in [5, 5.41) is 10.7. The zero-order valence-corrected chi connectivity index (χ0v) is 17.0. The summed E-state index contributed by atoms with van der Waals surface area (Å²) < 4.78 is 16.3. The van der Waals surface area contributed by atoms with E-state index in [1.54, 1.807) is 36.3 Å². The number of alkyl halides is 1. The van der Waals surface area contributed by atoms with Crippen molar-refractivity contribution in [1.82, 2.24) is 4.98 Å². The third-order valence-corrected chi connectivity index (χ3v) is 5.60. The van der Waals surface area contributed by atoms with Crippen LogP contribution < -0.4 is 19.1 Å². The van der Waals surface area contributed by atoms with Gasteiger partial charge in [-0.25, -0.2) is 0 Å². The molecular weight excluding hydrogens is 396 g/mol. The van der Waals surface area contributed by atoms with E-state index in [2.05, 4.69) is 4.98 Å². The molecule has 152 valence electrons. The van der Waals surface area contributed by atoms with Crippen LogP contribution in [-0.4, -0.2) is 49.8 Å². The fourth-order valence-corrected chi connectivity index (χ4v) is 4.12. The molecule has 0 saturated carbocycles. The predicted octanol–water partition coefficient (Wildman–Crippen LogP) is 3.88. The van der Waals surface area contributed by atoms with Gasteiger partial charge >= 0.3 is 0 Å². The molecule has 0 bridgehead atoms. The fourth-order valence-electron chi connectivity index (χ4n) is 3.86. The molecular formula is C21H21ClN2O5. The summed E-state index contributed by atoms with van der Waals surface area (Å²) in [6.45, 7) is 0.445. The average Bonchev–Trinajstić information content (AvgIpc) is 3.32. The first-order valence-corrected chi connectivity index (χ1v) is 9.58. The number of aromatic amines is 1. The summed E-state index contributed by atoms with van der Waals surface area (Å²) in [6.07, 6.45) is 0. The fraction of sp³-hybridized carbons (Fsp3) is 0.286. The molecule has 4 rings (SSSR count). The van der Waals surface area contributed by atoms with Gasteiger partial charge < -0.3 is 29.2 Å². The standard InChI is InChI=1S/C21H21ClN2O5/c1-27-17-7-11-6-15(23-18(11)20(29-3)19(17)28-2)21(26)24-10-12(9-22)14-5-4-13(25)8-16(14)24/h4-8,12,23,25H,9-10H2,1-3H3/t12-/m1/s1. The molecule has 3 aromatic rings. The van der Waals surface area contributed by atoms with E-state index in [4.69, 9.17) is 25.8 Å². The van der Waals surface area contributed by atoms with E-state index in [9.17, 15) is 9.90 Å². The molecule has 0 fully saturated rings. The van der Waals surface area contributed by atoms with E-state index in [-0.39, 0.29) is 17.6 Å². The first-order valence-electron chi connectivity index (χ1n) is 9.04. The molecule has 7 nitrogen and oxygen atoms in total. The number of halogens is 1. The highest BCUT2D eigenvalue weighted by Gasteiger charge is 2.33. The van der Waals surface area contributed by atoms with Crippen LogP contribution in [0.3, 0.4) is 0 Å². The zero-order valence-electron chi connectivity index (χ0n) is 16.3. The molecule has 1 atom stereocenters. The Morgan fingerprint density at radius 3 is 2.59 bits per heavy atom. The van der Waals surface area contributed by atoms with Crippen LogP contribution in [0.25, 0.3) is 10.9 Å². The summed E-state index contributed by atoms with van der Waals surface area (Å²) in [5.41, 5.74) is 2.64. The maximum Gasteiger partial charge on any atom is 0.274 e. The minimum absolute atomic E-state index is 0.00955. The van der Waals surface area contributed by atoms with Gasteiger partial charge in [0.25, 0.3) is 5.91 Å². The van der Waals surface area contributed by atoms with Crippen molar-refractivity contribution in [2.45, 2.75) is 5.92 Å². The SMILES string of the molecule is COc1cc2cc(C(=O)N3C[C@@H](CCl)c4ccc(O)cc43)[nH]c2c(OC)c1OC. The number of nitrogens with one attached hydrogen (secondary N) is 1. The van der Waals surface area contributed by atoms with Gasteiger partial charge in [0, 0.05) is 29.8 Å². The summed E-state index contributed by atoms with van der Waals surface area (Å²) in [7, 11) is 4.60. The first kappa shape index (κ1) is 19.3. The number of phenolic OH excluding ortho intramolecular Hbond substituents is 1. The maximum absolute atomic E-state index is 13.3. The Balaban J connectivity index is 1.80. The van der Waals surface area contributed by atoms with Crippen molar-refractivity contribution in [3.05, 3.63) is 41.6 Å². The third-order valence-electron chi connectivity index (χ3n) is 5.23. The number of hydrogen-bond acceptors (Lipinski definition) is 5. The summed E-state index contributed by atoms with van der Waals surface area (Å²) in [5.74, 6) is 1.69. The van der Waals surface area contributed by atoms with E-state index >= 15 is 0 Å². The first-order chi connectivity index (χ1) is 14.0. The Morgan fingerprint density at radius 2 is 1.93 bits per heavy atom. The normalized spacial score (nSPS) is 15.4. The maximum atomic E-state index is 13.3. The van der Waals surface area contributed by atoms with Crippen LogP contribution in [0.1, 0.15) is 22.0 Å². The highest BCUT2D eigenvalue weighted by Crippen LogP contribution is 2.44. The second kappa shape index (κ2) is 7.40. The van der Waals surface area contributed by atoms with E-state index in [1.165, 1.54) is 14.2 Å². The minimum Gasteiger partial charge on any atom is -0.508 e. The lowest BCUT2D eigenvalue weighted by Gasteiger charge is -2.17. The number of methoxy groups -OCH3 is 3. The monoisotopic (exact) mass is 416 g/mol. The van der Waals surface area contributed by atoms with E-state index in [0.29, 0.717) is 46.6 Å². The molecule has 0 radical (unpaired) electrons. The lowest BCUT2D eigenvalue weighted by Crippen LogP contribution is -2.30. The van der Waals surface area contributed by atoms with Gasteiger partial charge in [0.1, 0.15) is 11.4 Å². The number of anilines is 1. The molecule has 29 heavy (non-hydrogen) atoms. The summed E-state index contributed by atoms with van der Waals surface area (Å²) in [4.78, 5) is 18.1. The van der Waals surface area contributed by atoms with Gasteiger partial charge in [0.15, 0.2) is 11.5 Å². The van der Waals surface area contributed by atoms with Crippen LogP contribution >= 0.6 is 11.6 Å². The van der Waals surface area contributed by atoms with Crippen LogP contribution in [0, 0.1) is 0 Å². The highest BCUT2D eigenvalue weighted by atomic mass is 35.5. The topological polar surface area (TPSA) is 84.0 Å². The Kier molecular flexibility index (Phi) is 4.92. The van der Waals surface area contributed by atoms with Crippen molar-refractivity contribution in [2.75, 3.05) is 38.7 Å². The predicted molar refractivity (Wildman–Crippen MR) is 111 cm³/mol. The molecule has 0 unspecified atom stereocenters. The quantitative estimate of drug-likeness (QED) is 0.616. The number of benzene rings is 2. The largest absolute Gasteiger partial charge is 0.508 e. The van der Waals surface area contributed by atoms with Crippen molar-refractivity contribution >= 4 is 34.1 Å². The highest BCUT2D eigenvalue weighted by molar-refractivity contribution is 6.19. The number of nitrogens with zero attached hydrogens (tertiary/aromatic N) is 1. The smallest absolute Gasteiger partial charge is 0.274 e. The van der Waals surface area contributed by atoms with Crippen molar-refractivity contribution < 1.29 is 24.1 Å². The molecule has 1 aliphatic heterocycles. The molecule has 2 heterocycles. The van der Waals surface area contributed by atoms with E-state index in [0.717, 1.165) is 10.9 Å². The molecule has 2 aromatic carbocycles. The molecule has 2 N–H and O–H groups in total. The van der Waals surface area contributed by atoms with Crippen molar-refractivity contribution in [3.8, 4) is 23.0 Å². The Labute approximate surface area is 172 Å². The Hall–Kier alpha value is -3.06. The molecule has 0 aliphatic carbocycles. The number of rotatable bonds is 5. The molecule has 0 saturated heterocycles. The van der Waals surface area contributed by atoms with Gasteiger partial charge in [-0.2, -0.15) is 0 Å². The molecule has 1 aliphatic rings. The minimum atomic E-state index is -0.222. The molecule has 1 amide bonds. The Bertz CT molecular complexity index is 1090. The lowest BCUT2D eigenvalue weighted by atomic mass is 10.0. The van der Waals surface area contributed by atoms with Gasteiger partial charge in [-0.15, -0.1) is 11.6 Å². The Morgan fingerprint density at radius 1 is 1.17 bits per heavy atom. The summed E-state index contributed by atoms with van der Waals surface area (Å²) >= 11 is 6.11. The number of hydrogen-bond donors (Lipinski definition) is 2. The van der Waals surface area contributed by atoms with E-state index in [1.807, 2.05) is 6.07 Å².